The fraction of sp³-hybridized carbons (Fsp3) is 0.625. The van der Waals surface area contributed by atoms with Gasteiger partial charge in [0.2, 0.25) is 0 Å². The number of rotatable bonds is 4. The quantitative estimate of drug-likeness (QED) is 0.926. The van der Waals surface area contributed by atoms with Gasteiger partial charge in [0, 0.05) is 56.5 Å². The lowest BCUT2D eigenvalue weighted by Gasteiger charge is -2.35. The van der Waals surface area contributed by atoms with Crippen molar-refractivity contribution < 1.29 is 9.84 Å². The molecule has 2 heterocycles. The SMILES string of the molecule is Oc1ccc(Cl)cc1CN1CCN(CC2CCCO2)CC1. The number of nitrogens with zero attached hydrogens (tertiary/aromatic N) is 2. The van der Waals surface area contributed by atoms with Crippen LogP contribution in [0.5, 0.6) is 5.75 Å². The number of phenols is 1. The summed E-state index contributed by atoms with van der Waals surface area (Å²) in [5, 5.41) is 10.6. The molecule has 1 aromatic carbocycles. The molecule has 0 radical (unpaired) electrons. The Balaban J connectivity index is 1.48. The highest BCUT2D eigenvalue weighted by Gasteiger charge is 2.23. The first-order valence-corrected chi connectivity index (χ1v) is 8.12. The normalized spacial score (nSPS) is 24.5. The summed E-state index contributed by atoms with van der Waals surface area (Å²) in [6.45, 7) is 6.95. The number of benzene rings is 1. The van der Waals surface area contributed by atoms with E-state index in [9.17, 15) is 5.11 Å². The molecule has 2 aliphatic heterocycles. The number of aromatic hydroxyl groups is 1. The van der Waals surface area contributed by atoms with E-state index in [1.807, 2.05) is 6.07 Å². The van der Waals surface area contributed by atoms with Crippen LogP contribution in [0.2, 0.25) is 5.02 Å². The van der Waals surface area contributed by atoms with Gasteiger partial charge in [0.1, 0.15) is 5.75 Å². The average molecular weight is 311 g/mol. The van der Waals surface area contributed by atoms with E-state index in [0.717, 1.165) is 51.4 Å². The zero-order valence-electron chi connectivity index (χ0n) is 12.3. The topological polar surface area (TPSA) is 35.9 Å². The number of hydrogen-bond donors (Lipinski definition) is 1. The van der Waals surface area contributed by atoms with Crippen LogP contribution in [0.4, 0.5) is 0 Å². The van der Waals surface area contributed by atoms with Gasteiger partial charge in [-0.2, -0.15) is 0 Å². The Hall–Kier alpha value is -0.810. The van der Waals surface area contributed by atoms with Crippen molar-refractivity contribution in [2.24, 2.45) is 0 Å². The van der Waals surface area contributed by atoms with Crippen LogP contribution in [0.3, 0.4) is 0 Å². The van der Waals surface area contributed by atoms with Gasteiger partial charge in [0.25, 0.3) is 0 Å². The molecule has 2 aliphatic rings. The van der Waals surface area contributed by atoms with Gasteiger partial charge in [0.05, 0.1) is 6.10 Å². The van der Waals surface area contributed by atoms with E-state index in [2.05, 4.69) is 9.80 Å². The molecule has 0 amide bonds. The van der Waals surface area contributed by atoms with Gasteiger partial charge < -0.3 is 9.84 Å². The maximum absolute atomic E-state index is 9.90. The van der Waals surface area contributed by atoms with Crippen LogP contribution in [-0.4, -0.2) is 60.3 Å². The smallest absolute Gasteiger partial charge is 0.120 e. The third kappa shape index (κ3) is 4.10. The van der Waals surface area contributed by atoms with E-state index in [-0.39, 0.29) is 0 Å². The molecule has 0 bridgehead atoms. The number of halogens is 1. The van der Waals surface area contributed by atoms with Crippen LogP contribution in [-0.2, 0) is 11.3 Å². The summed E-state index contributed by atoms with van der Waals surface area (Å²) in [6, 6.07) is 5.25. The van der Waals surface area contributed by atoms with Crippen LogP contribution in [0.25, 0.3) is 0 Å². The van der Waals surface area contributed by atoms with Gasteiger partial charge in [-0.3, -0.25) is 9.80 Å². The van der Waals surface area contributed by atoms with Gasteiger partial charge in [-0.25, -0.2) is 0 Å². The molecule has 2 fully saturated rings. The number of ether oxygens (including phenoxy) is 1. The first-order chi connectivity index (χ1) is 10.2. The highest BCUT2D eigenvalue weighted by atomic mass is 35.5. The first kappa shape index (κ1) is 15.1. The molecule has 0 saturated carbocycles. The van der Waals surface area contributed by atoms with Gasteiger partial charge in [-0.15, -0.1) is 0 Å². The Morgan fingerprint density at radius 3 is 2.67 bits per heavy atom. The summed E-state index contributed by atoms with van der Waals surface area (Å²) < 4.78 is 5.70. The lowest BCUT2D eigenvalue weighted by Crippen LogP contribution is -2.48. The largest absolute Gasteiger partial charge is 0.508 e. The summed E-state index contributed by atoms with van der Waals surface area (Å²) >= 11 is 6.00. The van der Waals surface area contributed by atoms with E-state index in [0.29, 0.717) is 16.9 Å². The van der Waals surface area contributed by atoms with Gasteiger partial charge in [0.15, 0.2) is 0 Å². The monoisotopic (exact) mass is 310 g/mol. The first-order valence-electron chi connectivity index (χ1n) is 7.74. The Morgan fingerprint density at radius 2 is 1.95 bits per heavy atom. The van der Waals surface area contributed by atoms with E-state index in [4.69, 9.17) is 16.3 Å². The van der Waals surface area contributed by atoms with Crippen molar-refractivity contribution in [3.63, 3.8) is 0 Å². The molecule has 116 valence electrons. The van der Waals surface area contributed by atoms with Crippen LogP contribution >= 0.6 is 11.6 Å². The molecule has 0 aliphatic carbocycles. The van der Waals surface area contributed by atoms with Crippen molar-refractivity contribution in [3.8, 4) is 5.75 Å². The lowest BCUT2D eigenvalue weighted by atomic mass is 10.1. The van der Waals surface area contributed by atoms with E-state index in [1.54, 1.807) is 12.1 Å². The molecular weight excluding hydrogens is 288 g/mol. The van der Waals surface area contributed by atoms with Crippen LogP contribution in [0, 0.1) is 0 Å². The van der Waals surface area contributed by atoms with Crippen molar-refractivity contribution in [1.29, 1.82) is 0 Å². The molecule has 4 nitrogen and oxygen atoms in total. The molecular formula is C16H23ClN2O2. The van der Waals surface area contributed by atoms with E-state index in [1.165, 1.54) is 12.8 Å². The highest BCUT2D eigenvalue weighted by Crippen LogP contribution is 2.23. The molecule has 5 heteroatoms. The molecule has 0 spiro atoms. The minimum atomic E-state index is 0.334. The second kappa shape index (κ2) is 6.97. The predicted molar refractivity (Wildman–Crippen MR) is 83.8 cm³/mol. The van der Waals surface area contributed by atoms with Gasteiger partial charge in [-0.05, 0) is 31.0 Å². The lowest BCUT2D eigenvalue weighted by molar-refractivity contribution is 0.0488. The van der Waals surface area contributed by atoms with Crippen molar-refractivity contribution in [3.05, 3.63) is 28.8 Å². The fourth-order valence-corrected chi connectivity index (χ4v) is 3.32. The Labute approximate surface area is 131 Å². The zero-order valence-corrected chi connectivity index (χ0v) is 13.1. The van der Waals surface area contributed by atoms with Crippen molar-refractivity contribution >= 4 is 11.6 Å². The maximum Gasteiger partial charge on any atom is 0.120 e. The summed E-state index contributed by atoms with van der Waals surface area (Å²) in [5.74, 6) is 0.334. The molecule has 2 saturated heterocycles. The third-order valence-corrected chi connectivity index (χ3v) is 4.62. The predicted octanol–water partition coefficient (Wildman–Crippen LogP) is 2.34. The Kier molecular flexibility index (Phi) is 5.01. The summed E-state index contributed by atoms with van der Waals surface area (Å²) in [7, 11) is 0. The average Bonchev–Trinajstić information content (AvgIpc) is 2.98. The molecule has 21 heavy (non-hydrogen) atoms. The van der Waals surface area contributed by atoms with Gasteiger partial charge >= 0.3 is 0 Å². The molecule has 1 unspecified atom stereocenters. The second-order valence-electron chi connectivity index (χ2n) is 5.98. The summed E-state index contributed by atoms with van der Waals surface area (Å²) in [5.41, 5.74) is 0.912. The zero-order chi connectivity index (χ0) is 14.7. The highest BCUT2D eigenvalue weighted by molar-refractivity contribution is 6.30. The standard InChI is InChI=1S/C16H23ClN2O2/c17-14-3-4-16(20)13(10-14)11-18-5-7-19(8-6-18)12-15-2-1-9-21-15/h3-4,10,15,20H,1-2,5-9,11-12H2. The van der Waals surface area contributed by atoms with Crippen LogP contribution in [0.15, 0.2) is 18.2 Å². The summed E-state index contributed by atoms with van der Waals surface area (Å²) in [6.07, 6.45) is 2.85. The Morgan fingerprint density at radius 1 is 1.19 bits per heavy atom. The maximum atomic E-state index is 9.90. The third-order valence-electron chi connectivity index (χ3n) is 4.39. The van der Waals surface area contributed by atoms with Crippen LogP contribution < -0.4 is 0 Å². The number of phenolic OH excluding ortho intramolecular Hbond substituents is 1. The van der Waals surface area contributed by atoms with Gasteiger partial charge in [-0.1, -0.05) is 11.6 Å². The molecule has 3 rings (SSSR count). The fourth-order valence-electron chi connectivity index (χ4n) is 3.13. The second-order valence-corrected chi connectivity index (χ2v) is 6.42. The molecule has 1 N–H and O–H groups in total. The van der Waals surface area contributed by atoms with Crippen LogP contribution in [0.1, 0.15) is 18.4 Å². The van der Waals surface area contributed by atoms with E-state index < -0.39 is 0 Å². The summed E-state index contributed by atoms with van der Waals surface area (Å²) in [4.78, 5) is 4.86. The number of hydrogen-bond acceptors (Lipinski definition) is 4. The van der Waals surface area contributed by atoms with Crippen molar-refractivity contribution in [2.45, 2.75) is 25.5 Å². The number of piperazine rings is 1. The minimum Gasteiger partial charge on any atom is -0.508 e. The molecule has 1 aromatic rings. The van der Waals surface area contributed by atoms with Crippen molar-refractivity contribution in [2.75, 3.05) is 39.3 Å². The molecule has 1 atom stereocenters. The minimum absolute atomic E-state index is 0.334. The van der Waals surface area contributed by atoms with E-state index >= 15 is 0 Å². The van der Waals surface area contributed by atoms with Crippen molar-refractivity contribution in [1.82, 2.24) is 9.80 Å². The molecule has 0 aromatic heterocycles. The Bertz CT molecular complexity index is 469.